The molecule has 0 aliphatic carbocycles. The Kier molecular flexibility index (Phi) is 3.76. The van der Waals surface area contributed by atoms with Crippen LogP contribution in [0.3, 0.4) is 0 Å². The van der Waals surface area contributed by atoms with Gasteiger partial charge in [-0.2, -0.15) is 0 Å². The summed E-state index contributed by atoms with van der Waals surface area (Å²) in [5.41, 5.74) is 6.71. The van der Waals surface area contributed by atoms with Crippen LogP contribution in [0, 0.1) is 6.92 Å². The summed E-state index contributed by atoms with van der Waals surface area (Å²) in [6.07, 6.45) is 0. The number of thiazole rings is 1. The van der Waals surface area contributed by atoms with E-state index >= 15 is 0 Å². The fourth-order valence-electron chi connectivity index (χ4n) is 1.37. The maximum Gasteiger partial charge on any atom is 0.133 e. The average molecular weight is 319 g/mol. The van der Waals surface area contributed by atoms with Gasteiger partial charge in [0.1, 0.15) is 5.01 Å². The number of hydrogen-bond acceptors (Lipinski definition) is 5. The smallest absolute Gasteiger partial charge is 0.133 e. The van der Waals surface area contributed by atoms with Crippen LogP contribution in [0.2, 0.25) is 0 Å². The molecule has 2 rings (SSSR count). The number of halogens is 1. The van der Waals surface area contributed by atoms with Gasteiger partial charge in [0.05, 0.1) is 23.2 Å². The van der Waals surface area contributed by atoms with Crippen molar-refractivity contribution in [3.63, 3.8) is 0 Å². The maximum atomic E-state index is 9.05. The second-order valence-corrected chi connectivity index (χ2v) is 6.24. The zero-order chi connectivity index (χ0) is 11.7. The largest absolute Gasteiger partial charge is 0.394 e. The number of nitrogens with two attached hydrogens (primary N) is 1. The van der Waals surface area contributed by atoms with Crippen molar-refractivity contribution in [3.05, 3.63) is 26.5 Å². The molecule has 0 radical (unpaired) electrons. The molecule has 1 unspecified atom stereocenters. The number of aliphatic hydroxyl groups is 1. The molecule has 0 saturated heterocycles. The van der Waals surface area contributed by atoms with E-state index in [0.29, 0.717) is 0 Å². The second kappa shape index (κ2) is 4.93. The van der Waals surface area contributed by atoms with Crippen LogP contribution in [-0.2, 0) is 0 Å². The quantitative estimate of drug-likeness (QED) is 0.914. The molecule has 0 fully saturated rings. The topological polar surface area (TPSA) is 59.1 Å². The number of aromatic nitrogens is 1. The van der Waals surface area contributed by atoms with Gasteiger partial charge in [-0.3, -0.25) is 0 Å². The number of aliphatic hydroxyl groups excluding tert-OH is 1. The summed E-state index contributed by atoms with van der Waals surface area (Å²) >= 11 is 6.61. The number of nitrogens with zero attached hydrogens (tertiary/aromatic N) is 1. The van der Waals surface area contributed by atoms with Crippen molar-refractivity contribution < 1.29 is 5.11 Å². The van der Waals surface area contributed by atoms with E-state index in [-0.39, 0.29) is 12.6 Å². The van der Waals surface area contributed by atoms with E-state index in [9.17, 15) is 0 Å². The minimum absolute atomic E-state index is 0.0450. The molecule has 2 aromatic rings. The maximum absolute atomic E-state index is 9.05. The van der Waals surface area contributed by atoms with Crippen LogP contribution in [0.25, 0.3) is 9.88 Å². The Labute approximate surface area is 110 Å². The van der Waals surface area contributed by atoms with E-state index in [0.717, 1.165) is 24.9 Å². The Morgan fingerprint density at radius 1 is 1.62 bits per heavy atom. The molecule has 0 bridgehead atoms. The van der Waals surface area contributed by atoms with Crippen LogP contribution in [0.15, 0.2) is 15.9 Å². The molecular weight excluding hydrogens is 308 g/mol. The first-order chi connectivity index (χ1) is 7.61. The molecule has 0 aliphatic heterocycles. The highest BCUT2D eigenvalue weighted by molar-refractivity contribution is 9.10. The van der Waals surface area contributed by atoms with Crippen molar-refractivity contribution in [3.8, 4) is 9.88 Å². The molecule has 3 nitrogen and oxygen atoms in total. The van der Waals surface area contributed by atoms with E-state index in [4.69, 9.17) is 10.8 Å². The summed E-state index contributed by atoms with van der Waals surface area (Å²) in [4.78, 5) is 6.56. The minimum atomic E-state index is -0.324. The molecule has 86 valence electrons. The molecule has 2 heterocycles. The Bertz CT molecular complexity index is 495. The summed E-state index contributed by atoms with van der Waals surface area (Å²) in [5, 5.41) is 12.0. The Hall–Kier alpha value is -0.270. The van der Waals surface area contributed by atoms with Gasteiger partial charge in [0.15, 0.2) is 0 Å². The van der Waals surface area contributed by atoms with Gasteiger partial charge in [0, 0.05) is 14.7 Å². The number of thiophene rings is 1. The van der Waals surface area contributed by atoms with Gasteiger partial charge >= 0.3 is 0 Å². The fourth-order valence-corrected chi connectivity index (χ4v) is 3.91. The van der Waals surface area contributed by atoms with Gasteiger partial charge in [0.25, 0.3) is 0 Å². The number of rotatable bonds is 3. The van der Waals surface area contributed by atoms with E-state index in [1.807, 2.05) is 18.4 Å². The van der Waals surface area contributed by atoms with Crippen LogP contribution >= 0.6 is 38.6 Å². The third-order valence-corrected chi connectivity index (χ3v) is 5.29. The van der Waals surface area contributed by atoms with Crippen LogP contribution in [0.5, 0.6) is 0 Å². The molecular formula is C10H11BrN2OS2. The zero-order valence-electron chi connectivity index (χ0n) is 8.61. The van der Waals surface area contributed by atoms with Gasteiger partial charge in [-0.05, 0) is 28.9 Å². The highest BCUT2D eigenvalue weighted by atomic mass is 79.9. The van der Waals surface area contributed by atoms with Gasteiger partial charge in [-0.25, -0.2) is 4.98 Å². The SMILES string of the molecule is Cc1nc(-c2cc(Br)cs2)sc1C(N)CO. The van der Waals surface area contributed by atoms with E-state index < -0.39 is 0 Å². The fraction of sp³-hybridized carbons (Fsp3) is 0.300. The molecule has 0 saturated carbocycles. The molecule has 6 heteroatoms. The predicted octanol–water partition coefficient (Wildman–Crippen LogP) is 2.93. The van der Waals surface area contributed by atoms with Crippen LogP contribution in [0.4, 0.5) is 0 Å². The highest BCUT2D eigenvalue weighted by Gasteiger charge is 2.15. The van der Waals surface area contributed by atoms with Crippen molar-refractivity contribution in [2.24, 2.45) is 5.73 Å². The first-order valence-electron chi connectivity index (χ1n) is 4.70. The van der Waals surface area contributed by atoms with Crippen molar-refractivity contribution in [1.29, 1.82) is 0 Å². The average Bonchev–Trinajstić information content (AvgIpc) is 2.83. The highest BCUT2D eigenvalue weighted by Crippen LogP contribution is 2.35. The monoisotopic (exact) mass is 318 g/mol. The third kappa shape index (κ3) is 2.36. The number of aryl methyl sites for hydroxylation is 1. The lowest BCUT2D eigenvalue weighted by atomic mass is 10.2. The molecule has 0 amide bonds. The third-order valence-electron chi connectivity index (χ3n) is 2.14. The van der Waals surface area contributed by atoms with Crippen molar-refractivity contribution >= 4 is 38.6 Å². The lowest BCUT2D eigenvalue weighted by Crippen LogP contribution is -2.13. The molecule has 0 aliphatic rings. The molecule has 16 heavy (non-hydrogen) atoms. The Balaban J connectivity index is 2.37. The standard InChI is InChI=1S/C10H11BrN2OS2/c1-5-9(7(12)3-14)16-10(13-5)8-2-6(11)4-15-8/h2,4,7,14H,3,12H2,1H3. The van der Waals surface area contributed by atoms with Crippen molar-refractivity contribution in [2.45, 2.75) is 13.0 Å². The lowest BCUT2D eigenvalue weighted by Gasteiger charge is -2.04. The lowest BCUT2D eigenvalue weighted by molar-refractivity contribution is 0.269. The summed E-state index contributed by atoms with van der Waals surface area (Å²) in [5.74, 6) is 0. The number of hydrogen-bond donors (Lipinski definition) is 2. The molecule has 1 atom stereocenters. The second-order valence-electron chi connectivity index (χ2n) is 3.39. The van der Waals surface area contributed by atoms with Gasteiger partial charge in [0.2, 0.25) is 0 Å². The summed E-state index contributed by atoms with van der Waals surface area (Å²) in [7, 11) is 0. The Morgan fingerprint density at radius 2 is 2.38 bits per heavy atom. The van der Waals surface area contributed by atoms with Crippen LogP contribution < -0.4 is 5.73 Å². The summed E-state index contributed by atoms with van der Waals surface area (Å²) in [6.45, 7) is 1.88. The summed E-state index contributed by atoms with van der Waals surface area (Å²) in [6, 6.07) is 1.71. The Morgan fingerprint density at radius 3 is 2.94 bits per heavy atom. The molecule has 0 spiro atoms. The van der Waals surface area contributed by atoms with E-state index in [2.05, 4.69) is 20.9 Å². The minimum Gasteiger partial charge on any atom is -0.394 e. The van der Waals surface area contributed by atoms with E-state index in [1.54, 1.807) is 22.7 Å². The van der Waals surface area contributed by atoms with Crippen LogP contribution in [0.1, 0.15) is 16.6 Å². The predicted molar refractivity (Wildman–Crippen MR) is 71.9 cm³/mol. The van der Waals surface area contributed by atoms with Gasteiger partial charge < -0.3 is 10.8 Å². The van der Waals surface area contributed by atoms with E-state index in [1.165, 1.54) is 0 Å². The zero-order valence-corrected chi connectivity index (χ0v) is 11.8. The van der Waals surface area contributed by atoms with Crippen molar-refractivity contribution in [1.82, 2.24) is 4.98 Å². The molecule has 3 N–H and O–H groups in total. The molecule has 2 aromatic heterocycles. The first kappa shape index (κ1) is 12.2. The van der Waals surface area contributed by atoms with Crippen molar-refractivity contribution in [2.75, 3.05) is 6.61 Å². The normalized spacial score (nSPS) is 13.0. The molecule has 0 aromatic carbocycles. The first-order valence-corrected chi connectivity index (χ1v) is 7.19. The van der Waals surface area contributed by atoms with Crippen LogP contribution in [-0.4, -0.2) is 16.7 Å². The van der Waals surface area contributed by atoms with Gasteiger partial charge in [-0.1, -0.05) is 0 Å². The summed E-state index contributed by atoms with van der Waals surface area (Å²) < 4.78 is 1.06. The van der Waals surface area contributed by atoms with Gasteiger partial charge in [-0.15, -0.1) is 22.7 Å².